The van der Waals surface area contributed by atoms with Crippen molar-refractivity contribution in [2.75, 3.05) is 33.2 Å². The van der Waals surface area contributed by atoms with Gasteiger partial charge in [-0.1, -0.05) is 19.1 Å². The van der Waals surface area contributed by atoms with E-state index in [0.29, 0.717) is 24.5 Å². The molecule has 0 aliphatic carbocycles. The molecule has 1 unspecified atom stereocenters. The van der Waals surface area contributed by atoms with Crippen LogP contribution in [0.1, 0.15) is 32.6 Å². The molecule has 0 aromatic carbocycles. The zero-order chi connectivity index (χ0) is 13.5. The van der Waals surface area contributed by atoms with Crippen molar-refractivity contribution in [1.29, 1.82) is 0 Å². The van der Waals surface area contributed by atoms with Crippen LogP contribution in [0.25, 0.3) is 0 Å². The van der Waals surface area contributed by atoms with Crippen molar-refractivity contribution in [3.63, 3.8) is 0 Å². The number of rotatable bonds is 5. The van der Waals surface area contributed by atoms with E-state index < -0.39 is 0 Å². The number of carbonyl (C=O) groups excluding carboxylic acids is 1. The van der Waals surface area contributed by atoms with Crippen LogP contribution in [0.15, 0.2) is 0 Å². The number of thiocarbonyl (C=S) groups is 1. The summed E-state index contributed by atoms with van der Waals surface area (Å²) in [6.45, 7) is 5.52. The van der Waals surface area contributed by atoms with Crippen LogP contribution < -0.4 is 5.73 Å². The van der Waals surface area contributed by atoms with Gasteiger partial charge in [-0.3, -0.25) is 9.69 Å². The highest BCUT2D eigenvalue weighted by atomic mass is 32.1. The van der Waals surface area contributed by atoms with Gasteiger partial charge >= 0.3 is 0 Å². The number of likely N-dealkylation sites (N-methyl/N-ethyl adjacent to an activating group) is 1. The molecule has 4 nitrogen and oxygen atoms in total. The smallest absolute Gasteiger partial charge is 0.236 e. The van der Waals surface area contributed by atoms with E-state index in [4.69, 9.17) is 18.0 Å². The molecule has 1 heterocycles. The van der Waals surface area contributed by atoms with E-state index in [-0.39, 0.29) is 5.91 Å². The van der Waals surface area contributed by atoms with Gasteiger partial charge in [-0.25, -0.2) is 0 Å². The number of likely N-dealkylation sites (tertiary alicyclic amines) is 1. The second-order valence-corrected chi connectivity index (χ2v) is 5.87. The molecule has 1 saturated heterocycles. The fourth-order valence-corrected chi connectivity index (χ4v) is 2.29. The van der Waals surface area contributed by atoms with Gasteiger partial charge in [-0.15, -0.1) is 0 Å². The Morgan fingerprint density at radius 1 is 1.44 bits per heavy atom. The molecule has 2 N–H and O–H groups in total. The molecule has 0 bridgehead atoms. The van der Waals surface area contributed by atoms with Crippen LogP contribution in [-0.2, 0) is 4.79 Å². The van der Waals surface area contributed by atoms with Gasteiger partial charge in [0.1, 0.15) is 0 Å². The lowest BCUT2D eigenvalue weighted by atomic mass is 10.0. The molecule has 0 spiro atoms. The third-order valence-corrected chi connectivity index (χ3v) is 3.79. The van der Waals surface area contributed by atoms with Gasteiger partial charge in [-0.2, -0.15) is 0 Å². The van der Waals surface area contributed by atoms with E-state index in [1.54, 1.807) is 4.90 Å². The molecule has 0 saturated carbocycles. The Labute approximate surface area is 115 Å². The summed E-state index contributed by atoms with van der Waals surface area (Å²) < 4.78 is 0. The van der Waals surface area contributed by atoms with E-state index in [2.05, 4.69) is 11.8 Å². The average molecular weight is 271 g/mol. The van der Waals surface area contributed by atoms with Crippen LogP contribution in [-0.4, -0.2) is 53.9 Å². The number of carbonyl (C=O) groups is 1. The summed E-state index contributed by atoms with van der Waals surface area (Å²) in [4.78, 5) is 16.5. The zero-order valence-electron chi connectivity index (χ0n) is 11.5. The van der Waals surface area contributed by atoms with E-state index in [0.717, 1.165) is 19.0 Å². The Balaban J connectivity index is 2.31. The molecule has 5 heteroatoms. The van der Waals surface area contributed by atoms with E-state index >= 15 is 0 Å². The van der Waals surface area contributed by atoms with Crippen molar-refractivity contribution >= 4 is 23.1 Å². The van der Waals surface area contributed by atoms with Gasteiger partial charge in [0, 0.05) is 20.0 Å². The van der Waals surface area contributed by atoms with Crippen LogP contribution in [0, 0.1) is 5.92 Å². The average Bonchev–Trinajstić information content (AvgIpc) is 2.51. The molecule has 0 aromatic heterocycles. The van der Waals surface area contributed by atoms with Crippen molar-refractivity contribution in [3.8, 4) is 0 Å². The summed E-state index contributed by atoms with van der Waals surface area (Å²) >= 11 is 4.82. The molecule has 0 aromatic rings. The molecular formula is C13H25N3OS. The third-order valence-electron chi connectivity index (χ3n) is 3.59. The van der Waals surface area contributed by atoms with Crippen LogP contribution in [0.4, 0.5) is 0 Å². The second-order valence-electron chi connectivity index (χ2n) is 5.34. The van der Waals surface area contributed by atoms with E-state index in [1.807, 2.05) is 7.05 Å². The largest absolute Gasteiger partial charge is 0.393 e. The van der Waals surface area contributed by atoms with Crippen molar-refractivity contribution in [2.45, 2.75) is 32.6 Å². The molecule has 1 aliphatic heterocycles. The van der Waals surface area contributed by atoms with Gasteiger partial charge in [0.15, 0.2) is 0 Å². The monoisotopic (exact) mass is 271 g/mol. The highest BCUT2D eigenvalue weighted by molar-refractivity contribution is 7.80. The van der Waals surface area contributed by atoms with Crippen molar-refractivity contribution in [1.82, 2.24) is 9.80 Å². The minimum Gasteiger partial charge on any atom is -0.393 e. The normalized spacial score (nSPS) is 21.3. The number of amides is 1. The van der Waals surface area contributed by atoms with E-state index in [9.17, 15) is 4.79 Å². The lowest BCUT2D eigenvalue weighted by Gasteiger charge is -2.23. The summed E-state index contributed by atoms with van der Waals surface area (Å²) in [5.41, 5.74) is 5.44. The molecule has 1 fully saturated rings. The Kier molecular flexibility index (Phi) is 6.57. The third kappa shape index (κ3) is 5.78. The SMILES string of the molecule is CC1CCCN(CC(=O)N(C)CCC(N)=S)CC1. The second kappa shape index (κ2) is 7.69. The maximum absolute atomic E-state index is 12.0. The quantitative estimate of drug-likeness (QED) is 0.765. The summed E-state index contributed by atoms with van der Waals surface area (Å²) in [5, 5.41) is 0. The predicted molar refractivity (Wildman–Crippen MR) is 78.5 cm³/mol. The molecule has 104 valence electrons. The minimum absolute atomic E-state index is 0.167. The van der Waals surface area contributed by atoms with Gasteiger partial charge in [0.2, 0.25) is 5.91 Å². The highest BCUT2D eigenvalue weighted by Crippen LogP contribution is 2.16. The molecule has 1 amide bonds. The number of hydrogen-bond acceptors (Lipinski definition) is 3. The Bertz CT molecular complexity index is 296. The molecule has 1 aliphatic rings. The fourth-order valence-electron chi connectivity index (χ4n) is 2.20. The first kappa shape index (κ1) is 15.4. The first-order valence-electron chi connectivity index (χ1n) is 6.73. The van der Waals surface area contributed by atoms with Crippen molar-refractivity contribution < 1.29 is 4.79 Å². The molecule has 0 radical (unpaired) electrons. The number of nitrogens with zero attached hydrogens (tertiary/aromatic N) is 2. The lowest BCUT2D eigenvalue weighted by Crippen LogP contribution is -2.39. The highest BCUT2D eigenvalue weighted by Gasteiger charge is 2.18. The van der Waals surface area contributed by atoms with Gasteiger partial charge < -0.3 is 10.6 Å². The van der Waals surface area contributed by atoms with Gasteiger partial charge in [0.05, 0.1) is 11.5 Å². The van der Waals surface area contributed by atoms with Crippen LogP contribution in [0.3, 0.4) is 0 Å². The van der Waals surface area contributed by atoms with E-state index in [1.165, 1.54) is 19.3 Å². The Hall–Kier alpha value is -0.680. The lowest BCUT2D eigenvalue weighted by molar-refractivity contribution is -0.131. The summed E-state index contributed by atoms with van der Waals surface area (Å²) in [6, 6.07) is 0. The van der Waals surface area contributed by atoms with Crippen LogP contribution in [0.5, 0.6) is 0 Å². The topological polar surface area (TPSA) is 49.6 Å². The summed E-state index contributed by atoms with van der Waals surface area (Å²) in [5.74, 6) is 0.957. The summed E-state index contributed by atoms with van der Waals surface area (Å²) in [7, 11) is 1.82. The first-order valence-corrected chi connectivity index (χ1v) is 7.14. The molecular weight excluding hydrogens is 246 g/mol. The van der Waals surface area contributed by atoms with Gasteiger partial charge in [0.25, 0.3) is 0 Å². The minimum atomic E-state index is 0.167. The Morgan fingerprint density at radius 2 is 2.17 bits per heavy atom. The van der Waals surface area contributed by atoms with Crippen molar-refractivity contribution in [2.24, 2.45) is 11.7 Å². The standard InChI is InChI=1S/C13H25N3OS/c1-11-4-3-7-16(9-5-11)10-13(17)15(2)8-6-12(14)18/h11H,3-10H2,1-2H3,(H2,14,18). The number of nitrogens with two attached hydrogens (primary N) is 1. The van der Waals surface area contributed by atoms with Crippen LogP contribution in [0.2, 0.25) is 0 Å². The zero-order valence-corrected chi connectivity index (χ0v) is 12.3. The maximum atomic E-state index is 12.0. The fraction of sp³-hybridized carbons (Fsp3) is 0.846. The Morgan fingerprint density at radius 3 is 2.83 bits per heavy atom. The molecule has 18 heavy (non-hydrogen) atoms. The maximum Gasteiger partial charge on any atom is 0.236 e. The van der Waals surface area contributed by atoms with Crippen LogP contribution >= 0.6 is 12.2 Å². The first-order chi connectivity index (χ1) is 8.49. The van der Waals surface area contributed by atoms with Crippen molar-refractivity contribution in [3.05, 3.63) is 0 Å². The molecule has 1 atom stereocenters. The van der Waals surface area contributed by atoms with Gasteiger partial charge in [-0.05, 0) is 38.3 Å². The summed E-state index contributed by atoms with van der Waals surface area (Å²) in [6.07, 6.45) is 4.28. The predicted octanol–water partition coefficient (Wildman–Crippen LogP) is 1.24. The molecule has 1 rings (SSSR count). The number of hydrogen-bond donors (Lipinski definition) is 1.